The Bertz CT molecular complexity index is 1180. The molecule has 154 valence electrons. The average molecular weight is 405 g/mol. The van der Waals surface area contributed by atoms with Crippen molar-refractivity contribution in [1.82, 2.24) is 14.5 Å². The molecule has 2 aliphatic rings. The number of hydrogen-bond acceptors (Lipinski definition) is 5. The third kappa shape index (κ3) is 2.73. The fourth-order valence-electron chi connectivity index (χ4n) is 4.57. The summed E-state index contributed by atoms with van der Waals surface area (Å²) in [6, 6.07) is 11.6. The molecule has 2 heterocycles. The van der Waals surface area contributed by atoms with E-state index in [1.807, 2.05) is 54.8 Å². The van der Waals surface area contributed by atoms with Crippen LogP contribution < -0.4 is 0 Å². The van der Waals surface area contributed by atoms with Crippen molar-refractivity contribution >= 4 is 23.0 Å². The van der Waals surface area contributed by atoms with Gasteiger partial charge < -0.3 is 14.4 Å². The Kier molecular flexibility index (Phi) is 4.18. The first-order valence-corrected chi connectivity index (χ1v) is 10.1. The lowest BCUT2D eigenvalue weighted by Crippen LogP contribution is -2.42. The van der Waals surface area contributed by atoms with E-state index in [0.717, 1.165) is 38.2 Å². The summed E-state index contributed by atoms with van der Waals surface area (Å²) < 4.78 is 7.45. The number of β-amino-alcohol motifs (C(OH)–C–C–N with tert-alkyl or cyclic N) is 1. The molecular weight excluding hydrogens is 382 g/mol. The minimum Gasteiger partial charge on any atom is -0.427 e. The Morgan fingerprint density at radius 3 is 2.77 bits per heavy atom. The third-order valence-electron chi connectivity index (χ3n) is 6.31. The van der Waals surface area contributed by atoms with Crippen LogP contribution in [0.5, 0.6) is 0 Å². The summed E-state index contributed by atoms with van der Waals surface area (Å²) in [5.74, 6) is -0.390. The Labute approximate surface area is 173 Å². The zero-order chi connectivity index (χ0) is 21.0. The molecule has 3 aromatic rings. The molecule has 1 saturated heterocycles. The number of aryl methyl sites for hydroxylation is 3. The van der Waals surface area contributed by atoms with Crippen LogP contribution in [-0.4, -0.2) is 44.2 Å². The van der Waals surface area contributed by atoms with E-state index in [2.05, 4.69) is 4.98 Å². The van der Waals surface area contributed by atoms with Crippen molar-refractivity contribution in [2.75, 3.05) is 6.54 Å². The van der Waals surface area contributed by atoms with Gasteiger partial charge in [-0.15, -0.1) is 0 Å². The summed E-state index contributed by atoms with van der Waals surface area (Å²) in [7, 11) is 0. The van der Waals surface area contributed by atoms with Gasteiger partial charge in [0, 0.05) is 12.0 Å². The van der Waals surface area contributed by atoms with Gasteiger partial charge in [0.15, 0.2) is 0 Å². The molecule has 0 saturated carbocycles. The Hall–Kier alpha value is -3.19. The van der Waals surface area contributed by atoms with E-state index in [4.69, 9.17) is 4.74 Å². The first kappa shape index (κ1) is 18.8. The molecule has 1 aliphatic carbocycles. The smallest absolute Gasteiger partial charge is 0.418 e. The quantitative estimate of drug-likeness (QED) is 0.722. The lowest BCUT2D eigenvalue weighted by atomic mass is 9.95. The van der Waals surface area contributed by atoms with Crippen molar-refractivity contribution in [1.29, 1.82) is 0 Å². The number of aliphatic hydroxyl groups excluding tert-OH is 1. The molecule has 1 aliphatic heterocycles. The lowest BCUT2D eigenvalue weighted by molar-refractivity contribution is -0.138. The number of imidazole rings is 1. The Morgan fingerprint density at radius 1 is 1.17 bits per heavy atom. The number of nitrogens with zero attached hydrogens (tertiary/aromatic N) is 3. The van der Waals surface area contributed by atoms with Crippen LogP contribution in [0.1, 0.15) is 28.7 Å². The van der Waals surface area contributed by atoms with Crippen LogP contribution in [0.3, 0.4) is 0 Å². The lowest BCUT2D eigenvalue weighted by Gasteiger charge is -2.21. The molecule has 7 nitrogen and oxygen atoms in total. The normalized spacial score (nSPS) is 21.5. The maximum atomic E-state index is 13.2. The summed E-state index contributed by atoms with van der Waals surface area (Å²) >= 11 is 0. The second-order valence-corrected chi connectivity index (χ2v) is 8.24. The van der Waals surface area contributed by atoms with Gasteiger partial charge in [-0.3, -0.25) is 4.79 Å². The van der Waals surface area contributed by atoms with E-state index in [-0.39, 0.29) is 13.1 Å². The molecular formula is C23H23N3O4. The number of carbonyl (C=O) groups excluding carboxylic acids is 2. The first-order chi connectivity index (χ1) is 14.4. The van der Waals surface area contributed by atoms with Crippen molar-refractivity contribution in [2.24, 2.45) is 0 Å². The SMILES string of the molecule is Cc1cc2ncn(C[C@@H](O)CN3C(=O)O[C@]4(CCc5ccccc54)C3=O)c2cc1C. The second-order valence-electron chi connectivity index (χ2n) is 8.24. The number of rotatable bonds is 4. The standard InChI is InChI=1S/C23H23N3O4/c1-14-9-19-20(10-15(14)2)25(13-24-19)11-17(27)12-26-21(28)23(30-22(26)29)8-7-16-5-3-4-6-18(16)23/h3-6,9-10,13,17,27H,7-8,11-12H2,1-2H3/t17-,23+/m1/s1. The average Bonchev–Trinajstić information content (AvgIpc) is 3.35. The van der Waals surface area contributed by atoms with E-state index >= 15 is 0 Å². The fourth-order valence-corrected chi connectivity index (χ4v) is 4.57. The van der Waals surface area contributed by atoms with E-state index in [1.54, 1.807) is 6.33 Å². The number of amides is 2. The second kappa shape index (κ2) is 6.67. The minimum atomic E-state index is -1.25. The van der Waals surface area contributed by atoms with Crippen molar-refractivity contribution in [3.05, 3.63) is 65.0 Å². The van der Waals surface area contributed by atoms with E-state index in [0.29, 0.717) is 12.8 Å². The van der Waals surface area contributed by atoms with Crippen molar-refractivity contribution in [2.45, 2.75) is 44.9 Å². The molecule has 0 unspecified atom stereocenters. The van der Waals surface area contributed by atoms with Gasteiger partial charge in [-0.1, -0.05) is 24.3 Å². The molecule has 2 atom stereocenters. The highest BCUT2D eigenvalue weighted by atomic mass is 16.6. The predicted octanol–water partition coefficient (Wildman–Crippen LogP) is 2.83. The monoisotopic (exact) mass is 405 g/mol. The van der Waals surface area contributed by atoms with Gasteiger partial charge in [0.25, 0.3) is 5.91 Å². The summed E-state index contributed by atoms with van der Waals surface area (Å²) in [4.78, 5) is 31.2. The fraction of sp³-hybridized carbons (Fsp3) is 0.348. The molecule has 30 heavy (non-hydrogen) atoms. The number of ether oxygens (including phenoxy) is 1. The van der Waals surface area contributed by atoms with Crippen molar-refractivity contribution < 1.29 is 19.4 Å². The highest BCUT2D eigenvalue weighted by Crippen LogP contribution is 2.45. The van der Waals surface area contributed by atoms with Gasteiger partial charge >= 0.3 is 6.09 Å². The van der Waals surface area contributed by atoms with Crippen LogP contribution in [0.4, 0.5) is 4.79 Å². The zero-order valence-corrected chi connectivity index (χ0v) is 17.0. The van der Waals surface area contributed by atoms with Gasteiger partial charge in [0.2, 0.25) is 5.60 Å². The van der Waals surface area contributed by atoms with Gasteiger partial charge in [-0.2, -0.15) is 0 Å². The minimum absolute atomic E-state index is 0.119. The molecule has 1 N–H and O–H groups in total. The molecule has 1 fully saturated rings. The van der Waals surface area contributed by atoms with E-state index < -0.39 is 23.7 Å². The summed E-state index contributed by atoms with van der Waals surface area (Å²) in [5.41, 5.74) is 4.59. The number of imide groups is 1. The number of aliphatic hydroxyl groups is 1. The van der Waals surface area contributed by atoms with Gasteiger partial charge in [-0.05, 0) is 49.1 Å². The van der Waals surface area contributed by atoms with Crippen LogP contribution in [0, 0.1) is 13.8 Å². The van der Waals surface area contributed by atoms with E-state index in [1.165, 1.54) is 0 Å². The molecule has 2 amide bonds. The number of fused-ring (bicyclic) bond motifs is 3. The summed E-state index contributed by atoms with van der Waals surface area (Å²) in [5, 5.41) is 10.7. The number of carbonyl (C=O) groups is 2. The number of aromatic nitrogens is 2. The van der Waals surface area contributed by atoms with E-state index in [9.17, 15) is 14.7 Å². The molecule has 5 rings (SSSR count). The summed E-state index contributed by atoms with van der Waals surface area (Å²) in [6.45, 7) is 4.16. The zero-order valence-electron chi connectivity index (χ0n) is 17.0. The molecule has 1 spiro atoms. The first-order valence-electron chi connectivity index (χ1n) is 10.1. The number of hydrogen-bond donors (Lipinski definition) is 1. The Balaban J connectivity index is 1.36. The molecule has 1 aromatic heterocycles. The molecule has 2 aromatic carbocycles. The predicted molar refractivity (Wildman–Crippen MR) is 110 cm³/mol. The molecule has 0 bridgehead atoms. The maximum Gasteiger partial charge on any atom is 0.418 e. The van der Waals surface area contributed by atoms with Gasteiger partial charge in [0.05, 0.1) is 36.6 Å². The Morgan fingerprint density at radius 2 is 1.93 bits per heavy atom. The van der Waals surface area contributed by atoms with Crippen LogP contribution >= 0.6 is 0 Å². The van der Waals surface area contributed by atoms with Crippen LogP contribution in [-0.2, 0) is 28.1 Å². The molecule has 7 heteroatoms. The van der Waals surface area contributed by atoms with Crippen molar-refractivity contribution in [3.63, 3.8) is 0 Å². The van der Waals surface area contributed by atoms with Crippen molar-refractivity contribution in [3.8, 4) is 0 Å². The number of benzene rings is 2. The van der Waals surface area contributed by atoms with Gasteiger partial charge in [-0.25, -0.2) is 14.7 Å². The van der Waals surface area contributed by atoms with Crippen LogP contribution in [0.2, 0.25) is 0 Å². The largest absolute Gasteiger partial charge is 0.427 e. The van der Waals surface area contributed by atoms with Gasteiger partial charge in [0.1, 0.15) is 0 Å². The van der Waals surface area contributed by atoms with Crippen LogP contribution in [0.25, 0.3) is 11.0 Å². The molecule has 0 radical (unpaired) electrons. The third-order valence-corrected chi connectivity index (χ3v) is 6.31. The highest BCUT2D eigenvalue weighted by molar-refractivity contribution is 6.04. The maximum absolute atomic E-state index is 13.2. The topological polar surface area (TPSA) is 84.7 Å². The highest BCUT2D eigenvalue weighted by Gasteiger charge is 2.58. The summed E-state index contributed by atoms with van der Waals surface area (Å²) in [6.07, 6.45) is 1.16. The van der Waals surface area contributed by atoms with Crippen LogP contribution in [0.15, 0.2) is 42.7 Å².